The van der Waals surface area contributed by atoms with Crippen molar-refractivity contribution in [1.82, 2.24) is 5.16 Å². The van der Waals surface area contributed by atoms with Crippen LogP contribution in [0.15, 0.2) is 28.8 Å². The van der Waals surface area contributed by atoms with Gasteiger partial charge in [-0.3, -0.25) is 4.79 Å². The second-order valence-electron chi connectivity index (χ2n) is 5.71. The molecule has 112 valence electrons. The van der Waals surface area contributed by atoms with E-state index in [-0.39, 0.29) is 5.91 Å². The van der Waals surface area contributed by atoms with Gasteiger partial charge in [0, 0.05) is 6.07 Å². The number of aryl methyl sites for hydroxylation is 3. The summed E-state index contributed by atoms with van der Waals surface area (Å²) in [5.41, 5.74) is 1.16. The van der Waals surface area contributed by atoms with Crippen molar-refractivity contribution in [2.75, 3.05) is 5.32 Å². The Hall–Kier alpha value is -2.30. The molecule has 1 N–H and O–H groups in total. The first-order valence-corrected chi connectivity index (χ1v) is 6.78. The lowest BCUT2D eigenvalue weighted by molar-refractivity contribution is -0.128. The molecule has 0 aliphatic rings. The normalized spacial score (nSPS) is 11.3. The van der Waals surface area contributed by atoms with Crippen molar-refractivity contribution in [3.05, 3.63) is 41.2 Å². The Labute approximate surface area is 124 Å². The highest BCUT2D eigenvalue weighted by Crippen LogP contribution is 2.22. The maximum absolute atomic E-state index is 12.3. The van der Waals surface area contributed by atoms with Gasteiger partial charge in [0.1, 0.15) is 11.5 Å². The van der Waals surface area contributed by atoms with Crippen LogP contribution in [0.2, 0.25) is 0 Å². The number of amides is 1. The highest BCUT2D eigenvalue weighted by molar-refractivity contribution is 5.96. The molecule has 0 saturated carbocycles. The molecule has 2 aromatic rings. The summed E-state index contributed by atoms with van der Waals surface area (Å²) >= 11 is 0. The van der Waals surface area contributed by atoms with Gasteiger partial charge in [0.05, 0.1) is 0 Å². The molecule has 0 spiro atoms. The van der Waals surface area contributed by atoms with E-state index in [4.69, 9.17) is 9.26 Å². The number of aromatic nitrogens is 1. The van der Waals surface area contributed by atoms with E-state index < -0.39 is 5.60 Å². The minimum Gasteiger partial charge on any atom is -0.478 e. The largest absolute Gasteiger partial charge is 0.478 e. The van der Waals surface area contributed by atoms with E-state index >= 15 is 0 Å². The highest BCUT2D eigenvalue weighted by Gasteiger charge is 2.30. The number of ether oxygens (including phenoxy) is 1. The molecule has 0 unspecified atom stereocenters. The summed E-state index contributed by atoms with van der Waals surface area (Å²) in [6.07, 6.45) is 0. The summed E-state index contributed by atoms with van der Waals surface area (Å²) in [5, 5.41) is 6.43. The number of carbonyl (C=O) groups excluding carboxylic acids is 1. The van der Waals surface area contributed by atoms with Crippen LogP contribution in [0.4, 0.5) is 5.82 Å². The lowest BCUT2D eigenvalue weighted by atomic mass is 10.1. The Balaban J connectivity index is 2.11. The van der Waals surface area contributed by atoms with Crippen molar-refractivity contribution in [3.63, 3.8) is 0 Å². The molecule has 0 aliphatic carbocycles. The van der Waals surface area contributed by atoms with Gasteiger partial charge in [-0.25, -0.2) is 0 Å². The van der Waals surface area contributed by atoms with E-state index in [0.29, 0.717) is 17.3 Å². The highest BCUT2D eigenvalue weighted by atomic mass is 16.5. The first kappa shape index (κ1) is 15.1. The number of nitrogens with one attached hydrogen (secondary N) is 1. The summed E-state index contributed by atoms with van der Waals surface area (Å²) < 4.78 is 10.8. The molecule has 0 aliphatic heterocycles. The van der Waals surface area contributed by atoms with Crippen molar-refractivity contribution in [2.45, 2.75) is 40.2 Å². The third kappa shape index (κ3) is 3.84. The quantitative estimate of drug-likeness (QED) is 0.936. The third-order valence-corrected chi connectivity index (χ3v) is 2.98. The van der Waals surface area contributed by atoms with Gasteiger partial charge < -0.3 is 14.6 Å². The second-order valence-corrected chi connectivity index (χ2v) is 5.71. The average Bonchev–Trinajstić information content (AvgIpc) is 2.72. The standard InChI is InChI=1S/C16H20N2O3/c1-10-6-11(2)8-13(7-10)20-16(4,5)15(19)17-14-9-12(3)21-18-14/h6-9H,1-5H3,(H,17,18,19). The summed E-state index contributed by atoms with van der Waals surface area (Å²) in [7, 11) is 0. The smallest absolute Gasteiger partial charge is 0.269 e. The van der Waals surface area contributed by atoms with Gasteiger partial charge in [-0.2, -0.15) is 0 Å². The molecule has 0 fully saturated rings. The molecule has 2 rings (SSSR count). The van der Waals surface area contributed by atoms with Crippen molar-refractivity contribution < 1.29 is 14.1 Å². The number of rotatable bonds is 4. The lowest BCUT2D eigenvalue weighted by Crippen LogP contribution is -2.42. The number of hydrogen-bond donors (Lipinski definition) is 1. The van der Waals surface area contributed by atoms with Crippen LogP contribution >= 0.6 is 0 Å². The van der Waals surface area contributed by atoms with Gasteiger partial charge in [0.25, 0.3) is 5.91 Å². The molecule has 21 heavy (non-hydrogen) atoms. The van der Waals surface area contributed by atoms with E-state index in [9.17, 15) is 4.79 Å². The molecule has 1 amide bonds. The predicted octanol–water partition coefficient (Wildman–Crippen LogP) is 3.40. The minimum atomic E-state index is -1.02. The van der Waals surface area contributed by atoms with Crippen molar-refractivity contribution in [3.8, 4) is 5.75 Å². The average molecular weight is 288 g/mol. The maximum Gasteiger partial charge on any atom is 0.269 e. The zero-order valence-electron chi connectivity index (χ0n) is 13.0. The van der Waals surface area contributed by atoms with Crippen LogP contribution in [0.25, 0.3) is 0 Å². The van der Waals surface area contributed by atoms with Crippen molar-refractivity contribution >= 4 is 11.7 Å². The summed E-state index contributed by atoms with van der Waals surface area (Å²) in [6, 6.07) is 7.52. The van der Waals surface area contributed by atoms with Crippen molar-refractivity contribution in [1.29, 1.82) is 0 Å². The van der Waals surface area contributed by atoms with Gasteiger partial charge in [-0.05, 0) is 57.9 Å². The Kier molecular flexibility index (Phi) is 4.02. The molecule has 1 heterocycles. The Morgan fingerprint density at radius 3 is 2.29 bits per heavy atom. The summed E-state index contributed by atoms with van der Waals surface area (Å²) in [5.74, 6) is 1.41. The summed E-state index contributed by atoms with van der Waals surface area (Å²) in [4.78, 5) is 12.3. The predicted molar refractivity (Wildman–Crippen MR) is 80.5 cm³/mol. The zero-order valence-corrected chi connectivity index (χ0v) is 13.0. The molecule has 0 saturated heterocycles. The van der Waals surface area contributed by atoms with Crippen LogP contribution in [0.1, 0.15) is 30.7 Å². The minimum absolute atomic E-state index is 0.282. The Morgan fingerprint density at radius 1 is 1.14 bits per heavy atom. The van der Waals surface area contributed by atoms with Gasteiger partial charge >= 0.3 is 0 Å². The first-order valence-electron chi connectivity index (χ1n) is 6.78. The number of benzene rings is 1. The zero-order chi connectivity index (χ0) is 15.6. The third-order valence-electron chi connectivity index (χ3n) is 2.98. The van der Waals surface area contributed by atoms with Crippen LogP contribution in [0.5, 0.6) is 5.75 Å². The van der Waals surface area contributed by atoms with Gasteiger partial charge in [-0.1, -0.05) is 11.2 Å². The van der Waals surface area contributed by atoms with Gasteiger partial charge in [-0.15, -0.1) is 0 Å². The topological polar surface area (TPSA) is 64.4 Å². The van der Waals surface area contributed by atoms with Gasteiger partial charge in [0.15, 0.2) is 11.4 Å². The van der Waals surface area contributed by atoms with Crippen LogP contribution < -0.4 is 10.1 Å². The molecule has 5 heteroatoms. The fraction of sp³-hybridized carbons (Fsp3) is 0.375. The number of nitrogens with zero attached hydrogens (tertiary/aromatic N) is 1. The maximum atomic E-state index is 12.3. The number of carbonyl (C=O) groups is 1. The fourth-order valence-corrected chi connectivity index (χ4v) is 2.02. The van der Waals surface area contributed by atoms with E-state index in [1.54, 1.807) is 26.8 Å². The second kappa shape index (κ2) is 5.60. The van der Waals surface area contributed by atoms with Crippen LogP contribution in [0.3, 0.4) is 0 Å². The van der Waals surface area contributed by atoms with Crippen LogP contribution in [0, 0.1) is 20.8 Å². The molecule has 0 bridgehead atoms. The molecule has 5 nitrogen and oxygen atoms in total. The monoisotopic (exact) mass is 288 g/mol. The molecule has 0 radical (unpaired) electrons. The summed E-state index contributed by atoms with van der Waals surface area (Å²) in [6.45, 7) is 9.18. The number of hydrogen-bond acceptors (Lipinski definition) is 4. The molecular weight excluding hydrogens is 268 g/mol. The van der Waals surface area contributed by atoms with Crippen LogP contribution in [-0.2, 0) is 4.79 Å². The number of anilines is 1. The van der Waals surface area contributed by atoms with Gasteiger partial charge in [0.2, 0.25) is 0 Å². The molecule has 1 aromatic heterocycles. The Morgan fingerprint density at radius 2 is 1.76 bits per heavy atom. The van der Waals surface area contributed by atoms with Crippen molar-refractivity contribution in [2.24, 2.45) is 0 Å². The molecule has 1 aromatic carbocycles. The lowest BCUT2D eigenvalue weighted by Gasteiger charge is -2.25. The SMILES string of the molecule is Cc1cc(C)cc(OC(C)(C)C(=O)Nc2cc(C)on2)c1. The van der Waals surface area contributed by atoms with E-state index in [2.05, 4.69) is 16.5 Å². The Bertz CT molecular complexity index is 639. The molecular formula is C16H20N2O3. The fourth-order valence-electron chi connectivity index (χ4n) is 2.02. The molecule has 0 atom stereocenters. The van der Waals surface area contributed by atoms with Crippen LogP contribution in [-0.4, -0.2) is 16.7 Å². The van der Waals surface area contributed by atoms with E-state index in [1.165, 1.54) is 0 Å². The van der Waals surface area contributed by atoms with E-state index in [1.807, 2.05) is 26.0 Å². The first-order chi connectivity index (χ1) is 9.76. The van der Waals surface area contributed by atoms with E-state index in [0.717, 1.165) is 11.1 Å².